The second kappa shape index (κ2) is 10.8. The van der Waals surface area contributed by atoms with Crippen LogP contribution >= 0.6 is 0 Å². The van der Waals surface area contributed by atoms with Gasteiger partial charge in [-0.2, -0.15) is 5.26 Å². The zero-order valence-electron chi connectivity index (χ0n) is 20.2. The van der Waals surface area contributed by atoms with Crippen LogP contribution in [0.2, 0.25) is 0 Å². The average Bonchev–Trinajstić information content (AvgIpc) is 3.32. The summed E-state index contributed by atoms with van der Waals surface area (Å²) in [6.07, 6.45) is 4.57. The molecule has 5 heteroatoms. The average molecular weight is 466 g/mol. The van der Waals surface area contributed by atoms with Gasteiger partial charge in [-0.1, -0.05) is 47.6 Å². The molecule has 1 saturated heterocycles. The molecule has 0 aliphatic carbocycles. The first kappa shape index (κ1) is 23.1. The van der Waals surface area contributed by atoms with Gasteiger partial charge in [-0.15, -0.1) is 0 Å². The molecule has 0 radical (unpaired) electrons. The lowest BCUT2D eigenvalue weighted by Gasteiger charge is -2.31. The smallest absolute Gasteiger partial charge is 0.173 e. The molecule has 35 heavy (non-hydrogen) atoms. The van der Waals surface area contributed by atoms with Gasteiger partial charge in [0.2, 0.25) is 0 Å². The molecule has 0 atom stereocenters. The topological polar surface area (TPSA) is 62.3 Å². The molecule has 4 aromatic rings. The zero-order chi connectivity index (χ0) is 24.0. The fourth-order valence-electron chi connectivity index (χ4n) is 5.01. The summed E-state index contributed by atoms with van der Waals surface area (Å²) in [4.78, 5) is 2.57. The van der Waals surface area contributed by atoms with Gasteiger partial charge in [0.15, 0.2) is 5.58 Å². The molecule has 0 bridgehead atoms. The van der Waals surface area contributed by atoms with E-state index < -0.39 is 0 Å². The summed E-state index contributed by atoms with van der Waals surface area (Å²) in [5, 5.41) is 14.6. The van der Waals surface area contributed by atoms with Crippen LogP contribution < -0.4 is 4.74 Å². The second-order valence-electron chi connectivity index (χ2n) is 9.54. The lowest BCUT2D eigenvalue weighted by atomic mass is 9.91. The molecule has 3 aromatic carbocycles. The van der Waals surface area contributed by atoms with E-state index in [1.165, 1.54) is 18.4 Å². The minimum Gasteiger partial charge on any atom is -0.488 e. The van der Waals surface area contributed by atoms with Crippen LogP contribution in [0.5, 0.6) is 5.75 Å². The highest BCUT2D eigenvalue weighted by atomic mass is 16.5. The molecule has 178 valence electrons. The van der Waals surface area contributed by atoms with Crippen molar-refractivity contribution in [1.82, 2.24) is 10.1 Å². The number of nitrogens with zero attached hydrogens (tertiary/aromatic N) is 3. The number of fused-ring (bicyclic) bond motifs is 1. The van der Waals surface area contributed by atoms with E-state index in [0.29, 0.717) is 12.2 Å². The lowest BCUT2D eigenvalue weighted by molar-refractivity contribution is 0.172. The van der Waals surface area contributed by atoms with E-state index in [1.54, 1.807) is 6.07 Å². The molecule has 0 spiro atoms. The maximum atomic E-state index is 9.09. The molecule has 1 aromatic heterocycles. The Labute approximate surface area is 206 Å². The number of rotatable bonds is 8. The van der Waals surface area contributed by atoms with Gasteiger partial charge in [0.1, 0.15) is 12.4 Å². The van der Waals surface area contributed by atoms with Crippen molar-refractivity contribution >= 4 is 11.0 Å². The van der Waals surface area contributed by atoms with Gasteiger partial charge in [0, 0.05) is 17.5 Å². The number of piperidine rings is 1. The maximum Gasteiger partial charge on any atom is 0.173 e. The Morgan fingerprint density at radius 3 is 2.63 bits per heavy atom. The SMILES string of the molecule is Cc1c(OCc2cccc(C#N)c2)ccc2c(CCC3CCN(Cc4ccccc4)CC3)noc12. The largest absolute Gasteiger partial charge is 0.488 e. The molecule has 2 heterocycles. The van der Waals surface area contributed by atoms with Crippen LogP contribution in [0.25, 0.3) is 11.0 Å². The maximum absolute atomic E-state index is 9.09. The Bertz CT molecular complexity index is 1310. The standard InChI is InChI=1S/C30H31N3O2/c1-22-29(34-21-26-9-5-8-25(18-26)19-31)13-11-27-28(32-35-30(22)27)12-10-23-14-16-33(17-15-23)20-24-6-3-2-4-7-24/h2-9,11,13,18,23H,10,12,14-17,20-21H2,1H3. The normalized spacial score (nSPS) is 14.7. The molecule has 5 rings (SSSR count). The van der Waals surface area contributed by atoms with E-state index >= 15 is 0 Å². The van der Waals surface area contributed by atoms with Crippen LogP contribution in [0, 0.1) is 24.2 Å². The van der Waals surface area contributed by atoms with Crippen molar-refractivity contribution in [3.05, 3.63) is 94.7 Å². The van der Waals surface area contributed by atoms with Gasteiger partial charge in [0.05, 0.1) is 17.3 Å². The molecule has 1 aliphatic rings. The molecule has 5 nitrogen and oxygen atoms in total. The van der Waals surface area contributed by atoms with Crippen LogP contribution in [0.15, 0.2) is 71.3 Å². The molecule has 0 saturated carbocycles. The van der Waals surface area contributed by atoms with Crippen LogP contribution in [-0.4, -0.2) is 23.1 Å². The van der Waals surface area contributed by atoms with Crippen LogP contribution in [0.1, 0.15) is 47.2 Å². The van der Waals surface area contributed by atoms with Crippen molar-refractivity contribution in [1.29, 1.82) is 5.26 Å². The molecular weight excluding hydrogens is 434 g/mol. The van der Waals surface area contributed by atoms with Crippen LogP contribution in [0.3, 0.4) is 0 Å². The van der Waals surface area contributed by atoms with Crippen molar-refractivity contribution in [2.24, 2.45) is 5.92 Å². The number of likely N-dealkylation sites (tertiary alicyclic amines) is 1. The molecule has 0 unspecified atom stereocenters. The predicted octanol–water partition coefficient (Wildman–Crippen LogP) is 6.43. The Kier molecular flexibility index (Phi) is 7.11. The van der Waals surface area contributed by atoms with Gasteiger partial charge in [-0.3, -0.25) is 4.90 Å². The number of aryl methyl sites for hydroxylation is 2. The molecule has 0 N–H and O–H groups in total. The van der Waals surface area contributed by atoms with Crippen molar-refractivity contribution in [2.45, 2.75) is 45.8 Å². The van der Waals surface area contributed by atoms with Gasteiger partial charge in [-0.25, -0.2) is 0 Å². The van der Waals surface area contributed by atoms with Gasteiger partial charge in [0.25, 0.3) is 0 Å². The second-order valence-corrected chi connectivity index (χ2v) is 9.54. The highest BCUT2D eigenvalue weighted by molar-refractivity contribution is 5.84. The Hall–Kier alpha value is -3.62. The molecule has 1 fully saturated rings. The Morgan fingerprint density at radius 2 is 1.83 bits per heavy atom. The van der Waals surface area contributed by atoms with Gasteiger partial charge < -0.3 is 9.26 Å². The zero-order valence-corrected chi connectivity index (χ0v) is 20.2. The van der Waals surface area contributed by atoms with E-state index in [0.717, 1.165) is 71.9 Å². The number of hydrogen-bond donors (Lipinski definition) is 0. The first-order valence-electron chi connectivity index (χ1n) is 12.5. The number of benzene rings is 3. The molecular formula is C30H31N3O2. The number of ether oxygens (including phenoxy) is 1. The van der Waals surface area contributed by atoms with Crippen molar-refractivity contribution in [3.8, 4) is 11.8 Å². The first-order chi connectivity index (χ1) is 17.2. The van der Waals surface area contributed by atoms with Gasteiger partial charge >= 0.3 is 0 Å². The summed E-state index contributed by atoms with van der Waals surface area (Å²) in [6.45, 7) is 5.80. The Morgan fingerprint density at radius 1 is 1.03 bits per heavy atom. The highest BCUT2D eigenvalue weighted by Crippen LogP contribution is 2.32. The van der Waals surface area contributed by atoms with E-state index in [9.17, 15) is 0 Å². The summed E-state index contributed by atoms with van der Waals surface area (Å²) < 4.78 is 11.8. The Balaban J connectivity index is 1.16. The highest BCUT2D eigenvalue weighted by Gasteiger charge is 2.21. The number of aromatic nitrogens is 1. The molecule has 1 aliphatic heterocycles. The summed E-state index contributed by atoms with van der Waals surface area (Å²) >= 11 is 0. The van der Waals surface area contributed by atoms with Crippen molar-refractivity contribution < 1.29 is 9.26 Å². The lowest BCUT2D eigenvalue weighted by Crippen LogP contribution is -2.33. The van der Waals surface area contributed by atoms with E-state index in [-0.39, 0.29) is 0 Å². The third-order valence-electron chi connectivity index (χ3n) is 7.11. The molecule has 0 amide bonds. The number of hydrogen-bond acceptors (Lipinski definition) is 5. The summed E-state index contributed by atoms with van der Waals surface area (Å²) in [6, 6.07) is 24.5. The summed E-state index contributed by atoms with van der Waals surface area (Å²) in [5.74, 6) is 1.52. The minimum atomic E-state index is 0.409. The van der Waals surface area contributed by atoms with Crippen LogP contribution in [-0.2, 0) is 19.6 Å². The fraction of sp³-hybridized carbons (Fsp3) is 0.333. The third kappa shape index (κ3) is 5.55. The van der Waals surface area contributed by atoms with E-state index in [1.807, 2.05) is 31.2 Å². The first-order valence-corrected chi connectivity index (χ1v) is 12.5. The van der Waals surface area contributed by atoms with Crippen molar-refractivity contribution in [2.75, 3.05) is 13.1 Å². The minimum absolute atomic E-state index is 0.409. The fourth-order valence-corrected chi connectivity index (χ4v) is 5.01. The van der Waals surface area contributed by atoms with E-state index in [4.69, 9.17) is 14.5 Å². The summed E-state index contributed by atoms with van der Waals surface area (Å²) in [7, 11) is 0. The van der Waals surface area contributed by atoms with E-state index in [2.05, 4.69) is 52.5 Å². The predicted molar refractivity (Wildman–Crippen MR) is 137 cm³/mol. The third-order valence-corrected chi connectivity index (χ3v) is 7.11. The summed E-state index contributed by atoms with van der Waals surface area (Å²) in [5.41, 5.74) is 5.82. The number of nitriles is 1. The van der Waals surface area contributed by atoms with Crippen LogP contribution in [0.4, 0.5) is 0 Å². The van der Waals surface area contributed by atoms with Crippen molar-refractivity contribution in [3.63, 3.8) is 0 Å². The quantitative estimate of drug-likeness (QED) is 0.300. The monoisotopic (exact) mass is 465 g/mol. The van der Waals surface area contributed by atoms with Gasteiger partial charge in [-0.05, 0) is 87.0 Å².